The Morgan fingerprint density at radius 1 is 1.00 bits per heavy atom. The summed E-state index contributed by atoms with van der Waals surface area (Å²) in [6, 6.07) is 18.3. The van der Waals surface area contributed by atoms with Crippen LogP contribution in [0, 0.1) is 0 Å². The van der Waals surface area contributed by atoms with Crippen LogP contribution in [0.5, 0.6) is 0 Å². The van der Waals surface area contributed by atoms with Gasteiger partial charge in [0.05, 0.1) is 17.5 Å². The zero-order valence-corrected chi connectivity index (χ0v) is 18.3. The van der Waals surface area contributed by atoms with Gasteiger partial charge in [0.1, 0.15) is 5.82 Å². The van der Waals surface area contributed by atoms with Gasteiger partial charge in [0.15, 0.2) is 0 Å². The van der Waals surface area contributed by atoms with E-state index in [4.69, 9.17) is 0 Å². The Morgan fingerprint density at radius 2 is 1.64 bits per heavy atom. The zero-order chi connectivity index (χ0) is 20.5. The molecule has 0 spiro atoms. The Labute approximate surface area is 168 Å². The second kappa shape index (κ2) is 7.63. The molecule has 0 amide bonds. The molecule has 3 aromatic rings. The summed E-state index contributed by atoms with van der Waals surface area (Å²) < 4.78 is 29.0. The van der Waals surface area contributed by atoms with E-state index in [9.17, 15) is 8.42 Å². The number of benzene rings is 2. The fourth-order valence-electron chi connectivity index (χ4n) is 3.63. The molecule has 28 heavy (non-hydrogen) atoms. The van der Waals surface area contributed by atoms with Crippen molar-refractivity contribution in [3.63, 3.8) is 0 Å². The number of unbranched alkanes of at least 4 members (excludes halogenated alkanes) is 1. The van der Waals surface area contributed by atoms with E-state index in [0.717, 1.165) is 29.4 Å². The Bertz CT molecular complexity index is 1080. The number of para-hydroxylation sites is 2. The second-order valence-corrected chi connectivity index (χ2v) is 10.3. The molecule has 0 atom stereocenters. The van der Waals surface area contributed by atoms with Crippen LogP contribution in [0.15, 0.2) is 54.6 Å². The van der Waals surface area contributed by atoms with Gasteiger partial charge in [-0.15, -0.1) is 0 Å². The van der Waals surface area contributed by atoms with Gasteiger partial charge in [0.25, 0.3) is 0 Å². The van der Waals surface area contributed by atoms with Crippen LogP contribution >= 0.6 is 0 Å². The number of aromatic nitrogens is 1. The fourth-order valence-corrected chi connectivity index (χ4v) is 4.57. The lowest BCUT2D eigenvalue weighted by molar-refractivity contribution is 0.586. The first-order chi connectivity index (χ1) is 13.1. The largest absolute Gasteiger partial charge is 0.295 e. The third kappa shape index (κ3) is 3.95. The normalized spacial score (nSPS) is 12.5. The maximum absolute atomic E-state index is 12.7. The molecule has 1 aromatic heterocycles. The topological polar surface area (TPSA) is 42.3 Å². The Morgan fingerprint density at radius 3 is 2.29 bits per heavy atom. The van der Waals surface area contributed by atoms with Gasteiger partial charge in [0, 0.05) is 11.9 Å². The van der Waals surface area contributed by atoms with Crippen molar-refractivity contribution in [2.75, 3.05) is 17.1 Å². The third-order valence-electron chi connectivity index (χ3n) is 5.01. The number of fused-ring (bicyclic) bond motifs is 1. The number of sulfonamides is 1. The highest BCUT2D eigenvalue weighted by atomic mass is 32.2. The summed E-state index contributed by atoms with van der Waals surface area (Å²) in [4.78, 5) is 0. The van der Waals surface area contributed by atoms with Crippen molar-refractivity contribution in [3.05, 3.63) is 60.2 Å². The lowest BCUT2D eigenvalue weighted by Gasteiger charge is -2.28. The van der Waals surface area contributed by atoms with Crippen LogP contribution in [-0.2, 0) is 15.4 Å². The minimum Gasteiger partial charge on any atom is -0.295 e. The first kappa shape index (κ1) is 20.5. The van der Waals surface area contributed by atoms with Crippen molar-refractivity contribution in [3.8, 4) is 5.69 Å². The number of hydrogen-bond donors (Lipinski definition) is 0. The average Bonchev–Trinajstić information content (AvgIpc) is 2.99. The SMILES string of the molecule is CCCCN(c1cc2ccccc2n1-c1ccccc1C(C)(C)C)S(C)(=O)=O. The summed E-state index contributed by atoms with van der Waals surface area (Å²) in [5, 5.41) is 1.03. The van der Waals surface area contributed by atoms with Crippen molar-refractivity contribution in [1.82, 2.24) is 4.57 Å². The van der Waals surface area contributed by atoms with Gasteiger partial charge in [-0.2, -0.15) is 0 Å². The van der Waals surface area contributed by atoms with E-state index in [0.29, 0.717) is 12.4 Å². The van der Waals surface area contributed by atoms with Crippen molar-refractivity contribution >= 4 is 26.7 Å². The molecule has 0 fully saturated rings. The molecule has 0 aliphatic heterocycles. The van der Waals surface area contributed by atoms with E-state index in [1.807, 2.05) is 36.4 Å². The summed E-state index contributed by atoms with van der Waals surface area (Å²) in [5.74, 6) is 0.703. The summed E-state index contributed by atoms with van der Waals surface area (Å²) in [7, 11) is -3.40. The highest BCUT2D eigenvalue weighted by Crippen LogP contribution is 2.36. The second-order valence-electron chi connectivity index (χ2n) is 8.35. The maximum atomic E-state index is 12.7. The molecular weight excluding hydrogens is 368 g/mol. The van der Waals surface area contributed by atoms with E-state index in [1.54, 1.807) is 4.31 Å². The van der Waals surface area contributed by atoms with Gasteiger partial charge in [-0.25, -0.2) is 8.42 Å². The lowest BCUT2D eigenvalue weighted by Crippen LogP contribution is -2.32. The molecule has 0 bridgehead atoms. The van der Waals surface area contributed by atoms with Crippen LogP contribution in [-0.4, -0.2) is 25.8 Å². The first-order valence-corrected chi connectivity index (χ1v) is 11.7. The molecule has 0 unspecified atom stereocenters. The highest BCUT2D eigenvalue weighted by Gasteiger charge is 2.26. The van der Waals surface area contributed by atoms with E-state index in [-0.39, 0.29) is 5.41 Å². The molecule has 3 rings (SSSR count). The number of anilines is 1. The molecule has 150 valence electrons. The molecular formula is C23H30N2O2S. The smallest absolute Gasteiger partial charge is 0.233 e. The van der Waals surface area contributed by atoms with E-state index >= 15 is 0 Å². The number of rotatable bonds is 6. The fraction of sp³-hybridized carbons (Fsp3) is 0.391. The van der Waals surface area contributed by atoms with Crippen molar-refractivity contribution < 1.29 is 8.42 Å². The van der Waals surface area contributed by atoms with Crippen LogP contribution in [0.25, 0.3) is 16.6 Å². The molecule has 2 aromatic carbocycles. The van der Waals surface area contributed by atoms with Crippen molar-refractivity contribution in [1.29, 1.82) is 0 Å². The van der Waals surface area contributed by atoms with Crippen LogP contribution in [0.1, 0.15) is 46.1 Å². The van der Waals surface area contributed by atoms with E-state index in [2.05, 4.69) is 50.5 Å². The van der Waals surface area contributed by atoms with Crippen LogP contribution in [0.4, 0.5) is 5.82 Å². The zero-order valence-electron chi connectivity index (χ0n) is 17.4. The number of nitrogens with zero attached hydrogens (tertiary/aromatic N) is 2. The standard InChI is InChI=1S/C23H30N2O2S/c1-6-7-16-24(28(5,26)27)22-17-18-12-8-10-14-20(18)25(22)21-15-11-9-13-19(21)23(2,3)4/h8-15,17H,6-7,16H2,1-5H3. The summed E-state index contributed by atoms with van der Waals surface area (Å²) in [6.45, 7) is 9.10. The maximum Gasteiger partial charge on any atom is 0.233 e. The minimum absolute atomic E-state index is 0.0709. The van der Waals surface area contributed by atoms with Gasteiger partial charge in [-0.1, -0.05) is 70.5 Å². The van der Waals surface area contributed by atoms with Gasteiger partial charge in [-0.3, -0.25) is 8.87 Å². The predicted molar refractivity (Wildman–Crippen MR) is 119 cm³/mol. The molecule has 0 saturated carbocycles. The van der Waals surface area contributed by atoms with Crippen molar-refractivity contribution in [2.45, 2.75) is 46.0 Å². The summed E-state index contributed by atoms with van der Waals surface area (Å²) >= 11 is 0. The molecule has 1 heterocycles. The molecule has 0 aliphatic rings. The average molecular weight is 399 g/mol. The molecule has 0 N–H and O–H groups in total. The van der Waals surface area contributed by atoms with Crippen molar-refractivity contribution in [2.24, 2.45) is 0 Å². The highest BCUT2D eigenvalue weighted by molar-refractivity contribution is 7.92. The summed E-state index contributed by atoms with van der Waals surface area (Å²) in [6.07, 6.45) is 3.04. The first-order valence-electron chi connectivity index (χ1n) is 9.82. The molecule has 4 nitrogen and oxygen atoms in total. The van der Waals surface area contributed by atoms with E-state index < -0.39 is 10.0 Å². The minimum atomic E-state index is -3.40. The van der Waals surface area contributed by atoms with E-state index in [1.165, 1.54) is 11.8 Å². The summed E-state index contributed by atoms with van der Waals surface area (Å²) in [5.41, 5.74) is 3.15. The van der Waals surface area contributed by atoms with Gasteiger partial charge >= 0.3 is 0 Å². The van der Waals surface area contributed by atoms with Crippen LogP contribution in [0.2, 0.25) is 0 Å². The molecule has 5 heteroatoms. The lowest BCUT2D eigenvalue weighted by atomic mass is 9.85. The third-order valence-corrected chi connectivity index (χ3v) is 6.19. The Kier molecular flexibility index (Phi) is 5.57. The predicted octanol–water partition coefficient (Wildman–Crippen LogP) is 5.49. The molecule has 0 radical (unpaired) electrons. The monoisotopic (exact) mass is 398 g/mol. The van der Waals surface area contributed by atoms with Crippen LogP contribution in [0.3, 0.4) is 0 Å². The number of hydrogen-bond acceptors (Lipinski definition) is 2. The quantitative estimate of drug-likeness (QED) is 0.551. The van der Waals surface area contributed by atoms with Gasteiger partial charge in [-0.05, 0) is 35.6 Å². The molecule has 0 aliphatic carbocycles. The Hall–Kier alpha value is -2.27. The molecule has 0 saturated heterocycles. The van der Waals surface area contributed by atoms with Crippen LogP contribution < -0.4 is 4.31 Å². The van der Waals surface area contributed by atoms with Gasteiger partial charge in [0.2, 0.25) is 10.0 Å². The Balaban J connectivity index is 2.36. The van der Waals surface area contributed by atoms with Gasteiger partial charge < -0.3 is 0 Å².